The molecular formula is C23H21N3O2. The molecule has 5 nitrogen and oxygen atoms in total. The molecule has 0 atom stereocenters. The van der Waals surface area contributed by atoms with E-state index in [0.29, 0.717) is 6.54 Å². The van der Waals surface area contributed by atoms with Crippen LogP contribution in [0.2, 0.25) is 0 Å². The fourth-order valence-corrected chi connectivity index (χ4v) is 3.16. The molecule has 0 aliphatic heterocycles. The Kier molecular flexibility index (Phi) is 5.06. The third-order valence-corrected chi connectivity index (χ3v) is 4.64. The van der Waals surface area contributed by atoms with Gasteiger partial charge >= 0.3 is 0 Å². The molecule has 0 saturated heterocycles. The summed E-state index contributed by atoms with van der Waals surface area (Å²) in [7, 11) is 3.33. The molecule has 5 heteroatoms. The minimum absolute atomic E-state index is 0.644. The Morgan fingerprint density at radius 1 is 0.714 bits per heavy atom. The molecule has 0 fully saturated rings. The average molecular weight is 371 g/mol. The van der Waals surface area contributed by atoms with Crippen LogP contribution >= 0.6 is 0 Å². The van der Waals surface area contributed by atoms with Gasteiger partial charge in [0.05, 0.1) is 26.5 Å². The predicted octanol–water partition coefficient (Wildman–Crippen LogP) is 4.68. The van der Waals surface area contributed by atoms with E-state index in [2.05, 4.69) is 22.4 Å². The molecule has 140 valence electrons. The maximum atomic E-state index is 5.30. The molecule has 0 N–H and O–H groups in total. The van der Waals surface area contributed by atoms with Gasteiger partial charge in [0, 0.05) is 11.1 Å². The van der Waals surface area contributed by atoms with Crippen LogP contribution in [0.1, 0.15) is 5.56 Å². The van der Waals surface area contributed by atoms with Gasteiger partial charge in [0.1, 0.15) is 17.2 Å². The second kappa shape index (κ2) is 7.96. The van der Waals surface area contributed by atoms with E-state index in [9.17, 15) is 0 Å². The highest BCUT2D eigenvalue weighted by molar-refractivity contribution is 5.78. The minimum Gasteiger partial charge on any atom is -0.497 e. The zero-order valence-corrected chi connectivity index (χ0v) is 15.9. The summed E-state index contributed by atoms with van der Waals surface area (Å²) in [6, 6.07) is 26.1. The highest BCUT2D eigenvalue weighted by Gasteiger charge is 2.17. The van der Waals surface area contributed by atoms with Crippen molar-refractivity contribution < 1.29 is 9.47 Å². The number of hydrogen-bond acceptors (Lipinski definition) is 4. The van der Waals surface area contributed by atoms with E-state index in [0.717, 1.165) is 34.0 Å². The number of rotatable bonds is 6. The molecule has 1 heterocycles. The van der Waals surface area contributed by atoms with Crippen molar-refractivity contribution >= 4 is 0 Å². The molecule has 0 amide bonds. The second-order valence-electron chi connectivity index (χ2n) is 6.39. The number of benzene rings is 3. The fraction of sp³-hybridized carbons (Fsp3) is 0.130. The van der Waals surface area contributed by atoms with Gasteiger partial charge in [-0.1, -0.05) is 35.5 Å². The molecule has 0 aliphatic carbocycles. The molecule has 1 aromatic heterocycles. The van der Waals surface area contributed by atoms with Gasteiger partial charge in [0.15, 0.2) is 0 Å². The highest BCUT2D eigenvalue weighted by Crippen LogP contribution is 2.32. The summed E-state index contributed by atoms with van der Waals surface area (Å²) in [5, 5.41) is 8.95. The van der Waals surface area contributed by atoms with Gasteiger partial charge in [-0.3, -0.25) is 0 Å². The Bertz CT molecular complexity index is 1040. The average Bonchev–Trinajstić information content (AvgIpc) is 3.18. The van der Waals surface area contributed by atoms with Crippen molar-refractivity contribution in [2.24, 2.45) is 0 Å². The standard InChI is InChI=1S/C23H21N3O2/c1-27-20-12-8-18(9-13-20)22-23(19-10-14-21(28-2)15-11-19)26(25-24-22)16-17-6-4-3-5-7-17/h3-15H,16H2,1-2H3. The molecule has 0 aliphatic rings. The van der Waals surface area contributed by atoms with Crippen LogP contribution < -0.4 is 9.47 Å². The van der Waals surface area contributed by atoms with Crippen molar-refractivity contribution in [3.05, 3.63) is 84.4 Å². The van der Waals surface area contributed by atoms with E-state index in [1.165, 1.54) is 5.56 Å². The van der Waals surface area contributed by atoms with E-state index < -0.39 is 0 Å². The zero-order valence-electron chi connectivity index (χ0n) is 15.9. The van der Waals surface area contributed by atoms with Crippen molar-refractivity contribution in [3.8, 4) is 34.0 Å². The lowest BCUT2D eigenvalue weighted by atomic mass is 10.0. The van der Waals surface area contributed by atoms with Gasteiger partial charge in [-0.25, -0.2) is 4.68 Å². The maximum absolute atomic E-state index is 5.30. The van der Waals surface area contributed by atoms with Gasteiger partial charge in [-0.05, 0) is 54.1 Å². The summed E-state index contributed by atoms with van der Waals surface area (Å²) >= 11 is 0. The van der Waals surface area contributed by atoms with Crippen LogP contribution in [-0.2, 0) is 6.54 Å². The normalized spacial score (nSPS) is 10.6. The molecule has 0 unspecified atom stereocenters. The predicted molar refractivity (Wildman–Crippen MR) is 110 cm³/mol. The minimum atomic E-state index is 0.644. The Hall–Kier alpha value is -3.60. The molecule has 4 aromatic rings. The number of hydrogen-bond donors (Lipinski definition) is 0. The van der Waals surface area contributed by atoms with Gasteiger partial charge in [-0.2, -0.15) is 0 Å². The van der Waals surface area contributed by atoms with Crippen LogP contribution in [0, 0.1) is 0 Å². The first-order chi connectivity index (χ1) is 13.8. The molecule has 0 spiro atoms. The first-order valence-corrected chi connectivity index (χ1v) is 9.05. The van der Waals surface area contributed by atoms with Gasteiger partial charge in [-0.15, -0.1) is 5.10 Å². The number of nitrogens with zero attached hydrogens (tertiary/aromatic N) is 3. The van der Waals surface area contributed by atoms with E-state index in [1.54, 1.807) is 14.2 Å². The summed E-state index contributed by atoms with van der Waals surface area (Å²) in [4.78, 5) is 0. The van der Waals surface area contributed by atoms with Crippen molar-refractivity contribution in [1.82, 2.24) is 15.0 Å². The highest BCUT2D eigenvalue weighted by atomic mass is 16.5. The first kappa shape index (κ1) is 17.8. The van der Waals surface area contributed by atoms with Gasteiger partial charge in [0.2, 0.25) is 0 Å². The molecule has 3 aromatic carbocycles. The zero-order chi connectivity index (χ0) is 19.3. The molecule has 28 heavy (non-hydrogen) atoms. The second-order valence-corrected chi connectivity index (χ2v) is 6.39. The summed E-state index contributed by atoms with van der Waals surface area (Å²) in [5.74, 6) is 1.63. The largest absolute Gasteiger partial charge is 0.497 e. The lowest BCUT2D eigenvalue weighted by molar-refractivity contribution is 0.414. The van der Waals surface area contributed by atoms with Crippen molar-refractivity contribution in [2.45, 2.75) is 6.54 Å². The lowest BCUT2D eigenvalue weighted by Crippen LogP contribution is -2.04. The van der Waals surface area contributed by atoms with Crippen LogP contribution in [0.25, 0.3) is 22.5 Å². The fourth-order valence-electron chi connectivity index (χ4n) is 3.16. The molecular weight excluding hydrogens is 350 g/mol. The number of ether oxygens (including phenoxy) is 2. The molecule has 0 radical (unpaired) electrons. The van der Waals surface area contributed by atoms with E-state index in [4.69, 9.17) is 9.47 Å². The first-order valence-electron chi connectivity index (χ1n) is 9.05. The topological polar surface area (TPSA) is 49.2 Å². The Morgan fingerprint density at radius 3 is 1.86 bits per heavy atom. The molecule has 0 bridgehead atoms. The van der Waals surface area contributed by atoms with Gasteiger partial charge < -0.3 is 9.47 Å². The summed E-state index contributed by atoms with van der Waals surface area (Å²) in [6.07, 6.45) is 0. The van der Waals surface area contributed by atoms with Gasteiger partial charge in [0.25, 0.3) is 0 Å². The third-order valence-electron chi connectivity index (χ3n) is 4.64. The van der Waals surface area contributed by atoms with Crippen LogP contribution in [0.3, 0.4) is 0 Å². The Labute approximate surface area is 164 Å². The summed E-state index contributed by atoms with van der Waals surface area (Å²) in [6.45, 7) is 0.644. The van der Waals surface area contributed by atoms with Crippen molar-refractivity contribution in [1.29, 1.82) is 0 Å². The van der Waals surface area contributed by atoms with Crippen LogP contribution in [0.5, 0.6) is 11.5 Å². The van der Waals surface area contributed by atoms with Crippen molar-refractivity contribution in [2.75, 3.05) is 14.2 Å². The molecule has 0 saturated carbocycles. The number of aromatic nitrogens is 3. The van der Waals surface area contributed by atoms with Crippen LogP contribution in [0.4, 0.5) is 0 Å². The summed E-state index contributed by atoms with van der Waals surface area (Å²) < 4.78 is 12.5. The lowest BCUT2D eigenvalue weighted by Gasteiger charge is -2.10. The molecule has 4 rings (SSSR count). The smallest absolute Gasteiger partial charge is 0.121 e. The van der Waals surface area contributed by atoms with Crippen LogP contribution in [-0.4, -0.2) is 29.2 Å². The SMILES string of the molecule is COc1ccc(-c2nnn(Cc3ccccc3)c2-c2ccc(OC)cc2)cc1. The third kappa shape index (κ3) is 3.60. The van der Waals surface area contributed by atoms with Crippen molar-refractivity contribution in [3.63, 3.8) is 0 Å². The Balaban J connectivity index is 1.80. The summed E-state index contributed by atoms with van der Waals surface area (Å²) in [5.41, 5.74) is 5.00. The maximum Gasteiger partial charge on any atom is 0.121 e. The Morgan fingerprint density at radius 2 is 1.29 bits per heavy atom. The monoisotopic (exact) mass is 371 g/mol. The van der Waals surface area contributed by atoms with E-state index in [-0.39, 0.29) is 0 Å². The quantitative estimate of drug-likeness (QED) is 0.494. The van der Waals surface area contributed by atoms with Crippen LogP contribution in [0.15, 0.2) is 78.9 Å². The number of methoxy groups -OCH3 is 2. The van der Waals surface area contributed by atoms with E-state index in [1.807, 2.05) is 71.4 Å². The van der Waals surface area contributed by atoms with E-state index >= 15 is 0 Å².